The molecule has 96 valence electrons. The van der Waals surface area contributed by atoms with Crippen LogP contribution < -0.4 is 10.1 Å². The second kappa shape index (κ2) is 5.82. The van der Waals surface area contributed by atoms with E-state index in [-0.39, 0.29) is 5.91 Å². The molecule has 0 bridgehead atoms. The van der Waals surface area contributed by atoms with Gasteiger partial charge in [-0.2, -0.15) is 11.8 Å². The summed E-state index contributed by atoms with van der Waals surface area (Å²) in [5.74, 6) is 1.38. The van der Waals surface area contributed by atoms with Gasteiger partial charge in [-0.05, 0) is 30.5 Å². The largest absolute Gasteiger partial charge is 0.497 e. The maximum atomic E-state index is 11.4. The molecule has 1 aromatic heterocycles. The molecular formula is C13H16N2O2S. The average Bonchev–Trinajstić information content (AvgIpc) is 2.78. The Morgan fingerprint density at radius 3 is 3.00 bits per heavy atom. The second-order valence-corrected chi connectivity index (χ2v) is 4.82. The highest BCUT2D eigenvalue weighted by Crippen LogP contribution is 2.21. The first-order valence-corrected chi connectivity index (χ1v) is 7.03. The number of fused-ring (bicyclic) bond motifs is 1. The van der Waals surface area contributed by atoms with E-state index in [4.69, 9.17) is 4.74 Å². The number of benzene rings is 1. The van der Waals surface area contributed by atoms with Gasteiger partial charge in [0, 0.05) is 16.6 Å². The number of H-pyrrole nitrogens is 1. The van der Waals surface area contributed by atoms with Crippen molar-refractivity contribution in [3.8, 4) is 5.75 Å². The minimum atomic E-state index is 0.0544. The van der Waals surface area contributed by atoms with Crippen molar-refractivity contribution in [2.45, 2.75) is 6.54 Å². The lowest BCUT2D eigenvalue weighted by Crippen LogP contribution is -2.24. The minimum absolute atomic E-state index is 0.0544. The van der Waals surface area contributed by atoms with Gasteiger partial charge in [0.05, 0.1) is 19.4 Å². The maximum absolute atomic E-state index is 11.4. The lowest BCUT2D eigenvalue weighted by atomic mass is 10.2. The third-order valence-electron chi connectivity index (χ3n) is 2.64. The number of carbonyl (C=O) groups excluding carboxylic acids is 1. The lowest BCUT2D eigenvalue weighted by Gasteiger charge is -2.01. The smallest absolute Gasteiger partial charge is 0.230 e. The van der Waals surface area contributed by atoms with Crippen LogP contribution in [-0.2, 0) is 11.3 Å². The molecule has 0 aliphatic heterocycles. The van der Waals surface area contributed by atoms with Gasteiger partial charge < -0.3 is 15.0 Å². The predicted octanol–water partition coefficient (Wildman–Crippen LogP) is 2.16. The molecule has 2 aromatic rings. The van der Waals surface area contributed by atoms with Gasteiger partial charge in [-0.15, -0.1) is 0 Å². The molecule has 0 spiro atoms. The van der Waals surface area contributed by atoms with Crippen LogP contribution in [0, 0.1) is 0 Å². The molecule has 2 N–H and O–H groups in total. The predicted molar refractivity (Wildman–Crippen MR) is 75.1 cm³/mol. The highest BCUT2D eigenvalue weighted by molar-refractivity contribution is 7.99. The molecule has 0 saturated carbocycles. The van der Waals surface area contributed by atoms with E-state index >= 15 is 0 Å². The third-order valence-corrected chi connectivity index (χ3v) is 3.19. The van der Waals surface area contributed by atoms with Crippen molar-refractivity contribution in [3.05, 3.63) is 30.0 Å². The van der Waals surface area contributed by atoms with Crippen LogP contribution in [0.3, 0.4) is 0 Å². The van der Waals surface area contributed by atoms with Gasteiger partial charge in [0.25, 0.3) is 0 Å². The number of nitrogens with one attached hydrogen (secondary N) is 2. The number of amides is 1. The van der Waals surface area contributed by atoms with Crippen LogP contribution >= 0.6 is 11.8 Å². The van der Waals surface area contributed by atoms with Crippen molar-refractivity contribution < 1.29 is 9.53 Å². The number of methoxy groups -OCH3 is 1. The minimum Gasteiger partial charge on any atom is -0.497 e. The van der Waals surface area contributed by atoms with Crippen molar-refractivity contribution in [3.63, 3.8) is 0 Å². The van der Waals surface area contributed by atoms with Gasteiger partial charge >= 0.3 is 0 Å². The van der Waals surface area contributed by atoms with Crippen LogP contribution in [0.25, 0.3) is 10.9 Å². The third kappa shape index (κ3) is 2.98. The first-order valence-electron chi connectivity index (χ1n) is 5.64. The van der Waals surface area contributed by atoms with Crippen LogP contribution in [0.1, 0.15) is 5.69 Å². The number of hydrogen-bond donors (Lipinski definition) is 2. The Morgan fingerprint density at radius 1 is 1.44 bits per heavy atom. The summed E-state index contributed by atoms with van der Waals surface area (Å²) >= 11 is 1.52. The fraction of sp³-hybridized carbons (Fsp3) is 0.308. The van der Waals surface area contributed by atoms with Crippen molar-refractivity contribution >= 4 is 28.6 Å². The van der Waals surface area contributed by atoms with Gasteiger partial charge in [0.15, 0.2) is 0 Å². The Bertz CT molecular complexity index is 551. The number of aromatic nitrogens is 1. The summed E-state index contributed by atoms with van der Waals surface area (Å²) in [5.41, 5.74) is 2.04. The van der Waals surface area contributed by atoms with E-state index in [0.29, 0.717) is 12.3 Å². The number of hydrogen-bond acceptors (Lipinski definition) is 3. The van der Waals surface area contributed by atoms with Gasteiger partial charge in [-0.3, -0.25) is 4.79 Å². The van der Waals surface area contributed by atoms with E-state index in [1.165, 1.54) is 11.8 Å². The highest BCUT2D eigenvalue weighted by Gasteiger charge is 2.04. The molecule has 2 rings (SSSR count). The summed E-state index contributed by atoms with van der Waals surface area (Å²) in [6.45, 7) is 0.524. The monoisotopic (exact) mass is 264 g/mol. The normalized spacial score (nSPS) is 10.6. The molecule has 0 aliphatic rings. The summed E-state index contributed by atoms with van der Waals surface area (Å²) < 4.78 is 5.18. The first-order chi connectivity index (χ1) is 8.72. The van der Waals surface area contributed by atoms with Crippen molar-refractivity contribution in [2.24, 2.45) is 0 Å². The zero-order valence-electron chi connectivity index (χ0n) is 10.4. The Balaban J connectivity index is 2.08. The summed E-state index contributed by atoms with van der Waals surface area (Å²) in [5, 5.41) is 3.95. The van der Waals surface area contributed by atoms with E-state index in [9.17, 15) is 4.79 Å². The van der Waals surface area contributed by atoms with Crippen LogP contribution in [0.15, 0.2) is 24.3 Å². The zero-order valence-corrected chi connectivity index (χ0v) is 11.3. The molecule has 0 unspecified atom stereocenters. The molecule has 18 heavy (non-hydrogen) atoms. The summed E-state index contributed by atoms with van der Waals surface area (Å²) in [6, 6.07) is 7.88. The van der Waals surface area contributed by atoms with Crippen LogP contribution in [0.2, 0.25) is 0 Å². The van der Waals surface area contributed by atoms with Gasteiger partial charge in [0.2, 0.25) is 5.91 Å². The topological polar surface area (TPSA) is 54.1 Å². The van der Waals surface area contributed by atoms with E-state index in [1.807, 2.05) is 30.5 Å². The quantitative estimate of drug-likeness (QED) is 0.870. The van der Waals surface area contributed by atoms with E-state index < -0.39 is 0 Å². The lowest BCUT2D eigenvalue weighted by molar-refractivity contribution is -0.118. The average molecular weight is 264 g/mol. The Labute approximate surface area is 110 Å². The molecule has 1 amide bonds. The molecule has 5 heteroatoms. The Hall–Kier alpha value is -1.62. The summed E-state index contributed by atoms with van der Waals surface area (Å²) in [6.07, 6.45) is 1.91. The van der Waals surface area contributed by atoms with Gasteiger partial charge in [0.1, 0.15) is 5.75 Å². The standard InChI is InChI=1S/C13H16N2O2S/c1-17-11-3-4-12-9(6-11)5-10(15-12)7-14-13(16)8-18-2/h3-6,15H,7-8H2,1-2H3,(H,14,16). The maximum Gasteiger partial charge on any atom is 0.230 e. The second-order valence-electron chi connectivity index (χ2n) is 3.96. The molecule has 0 aliphatic carbocycles. The number of aromatic amines is 1. The summed E-state index contributed by atoms with van der Waals surface area (Å²) in [4.78, 5) is 14.6. The molecule has 1 heterocycles. The van der Waals surface area contributed by atoms with Crippen molar-refractivity contribution in [1.29, 1.82) is 0 Å². The highest BCUT2D eigenvalue weighted by atomic mass is 32.2. The SMILES string of the molecule is COc1ccc2[nH]c(CNC(=O)CSC)cc2c1. The van der Waals surface area contributed by atoms with Gasteiger partial charge in [-0.1, -0.05) is 0 Å². The van der Waals surface area contributed by atoms with E-state index in [2.05, 4.69) is 10.3 Å². The van der Waals surface area contributed by atoms with Crippen molar-refractivity contribution in [2.75, 3.05) is 19.1 Å². The summed E-state index contributed by atoms with van der Waals surface area (Å²) in [7, 11) is 1.65. The molecular weight excluding hydrogens is 248 g/mol. The fourth-order valence-corrected chi connectivity index (χ4v) is 2.13. The molecule has 0 radical (unpaired) electrons. The zero-order chi connectivity index (χ0) is 13.0. The molecule has 0 saturated heterocycles. The van der Waals surface area contributed by atoms with Gasteiger partial charge in [-0.25, -0.2) is 0 Å². The van der Waals surface area contributed by atoms with Crippen LogP contribution in [-0.4, -0.2) is 30.0 Å². The number of ether oxygens (including phenoxy) is 1. The molecule has 0 fully saturated rings. The van der Waals surface area contributed by atoms with Crippen LogP contribution in [0.4, 0.5) is 0 Å². The molecule has 4 nitrogen and oxygen atoms in total. The van der Waals surface area contributed by atoms with Crippen LogP contribution in [0.5, 0.6) is 5.75 Å². The number of rotatable bonds is 5. The number of carbonyl (C=O) groups is 1. The van der Waals surface area contributed by atoms with Crippen molar-refractivity contribution in [1.82, 2.24) is 10.3 Å². The van der Waals surface area contributed by atoms with E-state index in [1.54, 1.807) is 7.11 Å². The molecule has 1 aromatic carbocycles. The van der Waals surface area contributed by atoms with E-state index in [0.717, 1.165) is 22.3 Å². The molecule has 0 atom stereocenters. The Kier molecular flexibility index (Phi) is 4.15. The first kappa shape index (κ1) is 12.8. The fourth-order valence-electron chi connectivity index (χ4n) is 1.77. The number of thioether (sulfide) groups is 1. The Morgan fingerprint density at radius 2 is 2.28 bits per heavy atom.